The van der Waals surface area contributed by atoms with Gasteiger partial charge in [-0.1, -0.05) is 31.5 Å². The Balaban J connectivity index is 3.07. The first-order valence-electron chi connectivity index (χ1n) is 6.73. The van der Waals surface area contributed by atoms with E-state index in [1.165, 1.54) is 0 Å². The summed E-state index contributed by atoms with van der Waals surface area (Å²) in [5.74, 6) is 0.785. The van der Waals surface area contributed by atoms with Crippen LogP contribution < -0.4 is 0 Å². The summed E-state index contributed by atoms with van der Waals surface area (Å²) in [6.45, 7) is 3.41. The Hall–Kier alpha value is 0.180. The van der Waals surface area contributed by atoms with Gasteiger partial charge in [0, 0.05) is 47.6 Å². The second-order valence-electron chi connectivity index (χ2n) is 4.22. The van der Waals surface area contributed by atoms with Gasteiger partial charge in [0.15, 0.2) is 5.78 Å². The molecule has 0 radical (unpaired) electrons. The van der Waals surface area contributed by atoms with Crippen molar-refractivity contribution in [2.75, 3.05) is 18.1 Å². The number of nitrogens with zero attached hydrogens (tertiary/aromatic N) is 1. The Morgan fingerprint density at radius 1 is 1.43 bits per heavy atom. The fourth-order valence-electron chi connectivity index (χ4n) is 1.70. The molecule has 23 heavy (non-hydrogen) atoms. The second kappa shape index (κ2) is 10.2. The highest BCUT2D eigenvalue weighted by atomic mass is 35.5. The Bertz CT molecular complexity index is 559. The molecule has 1 aliphatic rings. The van der Waals surface area contributed by atoms with Crippen molar-refractivity contribution >= 4 is 60.7 Å². The van der Waals surface area contributed by atoms with Crippen LogP contribution in [0, 0.1) is 5.53 Å². The summed E-state index contributed by atoms with van der Waals surface area (Å²) in [6, 6.07) is 0. The van der Waals surface area contributed by atoms with Crippen molar-refractivity contribution in [3.05, 3.63) is 22.0 Å². The Labute approximate surface area is 154 Å². The van der Waals surface area contributed by atoms with E-state index in [4.69, 9.17) is 36.7 Å². The van der Waals surface area contributed by atoms with E-state index < -0.39 is 13.0 Å². The number of hydrogen-bond donors (Lipinski definition) is 1. The smallest absolute Gasteiger partial charge is 0.292 e. The Morgan fingerprint density at radius 2 is 2.00 bits per heavy atom. The molecule has 0 spiro atoms. The summed E-state index contributed by atoms with van der Waals surface area (Å²) < 4.78 is 23.7. The van der Waals surface area contributed by atoms with E-state index >= 15 is 0 Å². The van der Waals surface area contributed by atoms with E-state index in [1.54, 1.807) is 6.08 Å². The van der Waals surface area contributed by atoms with Crippen LogP contribution in [0.5, 0.6) is 0 Å². The average Bonchev–Trinajstić information content (AvgIpc) is 2.53. The molecule has 0 aromatic rings. The van der Waals surface area contributed by atoms with E-state index in [2.05, 4.69) is 5.11 Å². The van der Waals surface area contributed by atoms with Gasteiger partial charge >= 0.3 is 7.60 Å². The van der Waals surface area contributed by atoms with Crippen molar-refractivity contribution in [2.24, 2.45) is 5.11 Å². The molecule has 0 aliphatic heterocycles. The molecule has 1 rings (SSSR count). The molecule has 1 N–H and O–H groups in total. The number of alkyl halides is 1. The van der Waals surface area contributed by atoms with Crippen LogP contribution in [0.2, 0.25) is 0 Å². The number of nitrogens with one attached hydrogen (secondary N) is 1. The van der Waals surface area contributed by atoms with Gasteiger partial charge in [0.05, 0.1) is 15.7 Å². The van der Waals surface area contributed by atoms with Gasteiger partial charge in [-0.05, 0) is 0 Å². The highest BCUT2D eigenvalue weighted by molar-refractivity contribution is 8.02. The molecule has 0 aromatic carbocycles. The third-order valence-corrected chi connectivity index (χ3v) is 7.81. The predicted octanol–water partition coefficient (Wildman–Crippen LogP) is 5.54. The molecule has 0 fully saturated rings. The number of allylic oxidation sites excluding steroid dienone is 3. The minimum atomic E-state index is -3.62. The van der Waals surface area contributed by atoms with Crippen LogP contribution in [0.15, 0.2) is 27.1 Å². The highest BCUT2D eigenvalue weighted by Gasteiger charge is 2.39. The zero-order chi connectivity index (χ0) is 17.5. The van der Waals surface area contributed by atoms with E-state index in [0.717, 1.165) is 24.1 Å². The number of ketones is 1. The molecule has 1 atom stereocenters. The van der Waals surface area contributed by atoms with Crippen LogP contribution in [0.4, 0.5) is 0 Å². The number of carbonyl (C=O) groups is 1. The molecule has 1 unspecified atom stereocenters. The molecule has 0 heterocycles. The quantitative estimate of drug-likeness (QED) is 0.217. The van der Waals surface area contributed by atoms with Gasteiger partial charge in [0.25, 0.3) is 0 Å². The van der Waals surface area contributed by atoms with Crippen LogP contribution in [-0.2, 0) is 17.3 Å². The molecule has 0 bridgehead atoms. The fourth-order valence-corrected chi connectivity index (χ4v) is 6.32. The maximum Gasteiger partial charge on any atom is 0.380 e. The minimum Gasteiger partial charge on any atom is -0.292 e. The molecule has 11 heteroatoms. The number of rotatable bonds is 10. The van der Waals surface area contributed by atoms with Crippen molar-refractivity contribution < 1.29 is 17.3 Å². The molecule has 0 saturated carbocycles. The van der Waals surface area contributed by atoms with Crippen LogP contribution in [0.3, 0.4) is 0 Å². The molecular formula is C12H17Cl2N2O4PS2. The fraction of sp³-hybridized carbons (Fsp3) is 0.583. The topological polar surface area (TPSA) is 88.8 Å². The SMILES string of the molecule is CCSOP(=O)(OSCC)C1=C(Cl)C(Cl)C(C(=O)CN=N)=CC1. The zero-order valence-electron chi connectivity index (χ0n) is 12.6. The van der Waals surface area contributed by atoms with E-state index in [9.17, 15) is 9.36 Å². The summed E-state index contributed by atoms with van der Waals surface area (Å²) in [5.41, 5.74) is 7.00. The largest absolute Gasteiger partial charge is 0.380 e. The summed E-state index contributed by atoms with van der Waals surface area (Å²) in [6.07, 6.45) is 1.67. The van der Waals surface area contributed by atoms with Crippen LogP contribution in [-0.4, -0.2) is 29.2 Å². The molecule has 0 aromatic heterocycles. The molecule has 130 valence electrons. The Morgan fingerprint density at radius 3 is 2.48 bits per heavy atom. The van der Waals surface area contributed by atoms with Gasteiger partial charge in [-0.15, -0.1) is 11.6 Å². The maximum atomic E-state index is 13.0. The molecule has 6 nitrogen and oxygen atoms in total. The lowest BCUT2D eigenvalue weighted by Gasteiger charge is -2.25. The summed E-state index contributed by atoms with van der Waals surface area (Å²) in [7, 11) is -3.62. The van der Waals surface area contributed by atoms with Crippen LogP contribution in [0.25, 0.3) is 0 Å². The molecule has 0 amide bonds. The van der Waals surface area contributed by atoms with E-state index in [1.807, 2.05) is 13.8 Å². The highest BCUT2D eigenvalue weighted by Crippen LogP contribution is 2.65. The van der Waals surface area contributed by atoms with Gasteiger partial charge in [-0.25, -0.2) is 13.5 Å². The molecule has 0 saturated heterocycles. The summed E-state index contributed by atoms with van der Waals surface area (Å²) >= 11 is 14.5. The van der Waals surface area contributed by atoms with Crippen molar-refractivity contribution in [3.8, 4) is 0 Å². The lowest BCUT2D eigenvalue weighted by Crippen LogP contribution is -2.20. The van der Waals surface area contributed by atoms with Gasteiger partial charge in [-0.3, -0.25) is 9.36 Å². The Kier molecular flexibility index (Phi) is 9.44. The summed E-state index contributed by atoms with van der Waals surface area (Å²) in [4.78, 5) is 11.9. The van der Waals surface area contributed by atoms with Crippen LogP contribution in [0.1, 0.15) is 20.3 Å². The number of Topliss-reactive ketones (excluding diaryl/α,β-unsaturated/α-hetero) is 1. The van der Waals surface area contributed by atoms with Gasteiger partial charge in [0.2, 0.25) is 0 Å². The molecule has 1 aliphatic carbocycles. The number of carbonyl (C=O) groups excluding carboxylic acids is 1. The van der Waals surface area contributed by atoms with Gasteiger partial charge < -0.3 is 0 Å². The van der Waals surface area contributed by atoms with E-state index in [-0.39, 0.29) is 34.7 Å². The first-order chi connectivity index (χ1) is 10.9. The third-order valence-electron chi connectivity index (χ3n) is 2.70. The average molecular weight is 419 g/mol. The van der Waals surface area contributed by atoms with Crippen molar-refractivity contribution in [2.45, 2.75) is 25.6 Å². The second-order valence-corrected chi connectivity index (χ2v) is 9.42. The number of halogens is 2. The van der Waals surface area contributed by atoms with E-state index in [0.29, 0.717) is 11.5 Å². The first kappa shape index (κ1) is 21.2. The molecular weight excluding hydrogens is 402 g/mol. The van der Waals surface area contributed by atoms with Crippen molar-refractivity contribution in [1.29, 1.82) is 5.53 Å². The minimum absolute atomic E-state index is 0.0687. The maximum absolute atomic E-state index is 13.0. The standard InChI is InChI=1S/C12H17Cl2N2O4PS2/c1-3-22-19-21(18,20-23-4-2)10-6-5-8(9(17)7-16-15)11(13)12(10)14/h5,11,15H,3-4,6-7H2,1-2H3. The summed E-state index contributed by atoms with van der Waals surface area (Å²) in [5, 5.41) is 2.42. The van der Waals surface area contributed by atoms with Crippen molar-refractivity contribution in [1.82, 2.24) is 0 Å². The van der Waals surface area contributed by atoms with Gasteiger partial charge in [0.1, 0.15) is 6.54 Å². The lowest BCUT2D eigenvalue weighted by atomic mass is 10.0. The third kappa shape index (κ3) is 5.59. The lowest BCUT2D eigenvalue weighted by molar-refractivity contribution is -0.114. The monoisotopic (exact) mass is 418 g/mol. The first-order valence-corrected chi connectivity index (χ1v) is 10.9. The normalized spacial score (nSPS) is 18.8. The van der Waals surface area contributed by atoms with Crippen molar-refractivity contribution in [3.63, 3.8) is 0 Å². The number of hydrogen-bond acceptors (Lipinski definition) is 8. The van der Waals surface area contributed by atoms with Crippen LogP contribution >= 0.6 is 54.9 Å². The van der Waals surface area contributed by atoms with Gasteiger partial charge in [-0.2, -0.15) is 5.11 Å². The zero-order valence-corrected chi connectivity index (χ0v) is 16.6. The predicted molar refractivity (Wildman–Crippen MR) is 96.3 cm³/mol.